The molecule has 2 N–H and O–H groups in total. The lowest BCUT2D eigenvalue weighted by Gasteiger charge is -2.29. The highest BCUT2D eigenvalue weighted by atomic mass is 32.2. The summed E-state index contributed by atoms with van der Waals surface area (Å²) in [6, 6.07) is 5.45. The Balaban J connectivity index is 2.11. The van der Waals surface area contributed by atoms with E-state index in [0.717, 1.165) is 0 Å². The van der Waals surface area contributed by atoms with Gasteiger partial charge < -0.3 is 0 Å². The summed E-state index contributed by atoms with van der Waals surface area (Å²) in [6.45, 7) is 0. The van der Waals surface area contributed by atoms with Gasteiger partial charge in [0.1, 0.15) is 0 Å². The molecule has 3 rings (SSSR count). The van der Waals surface area contributed by atoms with E-state index < -0.39 is 26.0 Å². The molecule has 10 nitrogen and oxygen atoms in total. The van der Waals surface area contributed by atoms with E-state index in [-0.39, 0.29) is 32.4 Å². The Morgan fingerprint density at radius 2 is 1.54 bits per heavy atom. The maximum atomic E-state index is 13.6. The average Bonchev–Trinajstić information content (AvgIpc) is 2.80. The third kappa shape index (κ3) is 6.05. The lowest BCUT2D eigenvalue weighted by Crippen LogP contribution is -2.37. The number of sulfonamides is 2. The van der Waals surface area contributed by atoms with Crippen LogP contribution in [0.5, 0.6) is 0 Å². The molecule has 0 unspecified atom stereocenters. The molecule has 0 saturated heterocycles. The minimum atomic E-state index is -3.93. The standard InChI is InChI=1S/C21H21N3O7S4/c1-30-22-34(26,27)15-9-7-14(8-10-15)24(21(25)17-5-3-4-6-19(17)32)18-12-11-16(13-20(18)33)35(28,29)23-31-2/h3-5,7-12,22-23H,6,13H2,1-2H3. The van der Waals surface area contributed by atoms with E-state index in [0.29, 0.717) is 17.0 Å². The van der Waals surface area contributed by atoms with E-state index in [2.05, 4.69) is 9.68 Å². The van der Waals surface area contributed by atoms with Crippen molar-refractivity contribution in [2.24, 2.45) is 0 Å². The first kappa shape index (κ1) is 27.2. The van der Waals surface area contributed by atoms with Gasteiger partial charge in [-0.15, -0.1) is 0 Å². The highest BCUT2D eigenvalue weighted by molar-refractivity contribution is 7.93. The summed E-state index contributed by atoms with van der Waals surface area (Å²) in [5.74, 6) is -0.492. The quantitative estimate of drug-likeness (QED) is 0.348. The van der Waals surface area contributed by atoms with Gasteiger partial charge in [0.15, 0.2) is 0 Å². The van der Waals surface area contributed by atoms with Crippen molar-refractivity contribution in [1.82, 2.24) is 9.77 Å². The Bertz CT molecular complexity index is 1390. The number of allylic oxidation sites excluding steroid dienone is 7. The Hall–Kier alpha value is -2.43. The Kier molecular flexibility index (Phi) is 8.61. The van der Waals surface area contributed by atoms with Gasteiger partial charge in [-0.2, -0.15) is 0 Å². The number of anilines is 1. The van der Waals surface area contributed by atoms with Gasteiger partial charge >= 0.3 is 0 Å². The molecule has 35 heavy (non-hydrogen) atoms. The largest absolute Gasteiger partial charge is 0.290 e. The summed E-state index contributed by atoms with van der Waals surface area (Å²) in [5.41, 5.74) is 0.825. The van der Waals surface area contributed by atoms with Crippen LogP contribution in [0.15, 0.2) is 75.7 Å². The summed E-state index contributed by atoms with van der Waals surface area (Å²) in [5, 5.41) is 0. The molecule has 0 atom stereocenters. The van der Waals surface area contributed by atoms with E-state index in [1.54, 1.807) is 12.2 Å². The molecule has 0 heterocycles. The van der Waals surface area contributed by atoms with Gasteiger partial charge in [0.2, 0.25) is 0 Å². The van der Waals surface area contributed by atoms with E-state index in [9.17, 15) is 21.6 Å². The third-order valence-corrected chi connectivity index (χ3v) is 8.24. The van der Waals surface area contributed by atoms with Crippen LogP contribution in [-0.4, -0.2) is 46.7 Å². The first-order valence-electron chi connectivity index (χ1n) is 9.90. The van der Waals surface area contributed by atoms with E-state index >= 15 is 0 Å². The average molecular weight is 556 g/mol. The molecule has 186 valence electrons. The van der Waals surface area contributed by atoms with Crippen molar-refractivity contribution in [2.75, 3.05) is 19.1 Å². The molecule has 0 radical (unpaired) electrons. The normalized spacial score (nSPS) is 16.5. The molecular formula is C21H21N3O7S4. The molecule has 1 amide bonds. The molecule has 2 aliphatic rings. The smallest absolute Gasteiger partial charge is 0.264 e. The van der Waals surface area contributed by atoms with Gasteiger partial charge in [-0.3, -0.25) is 19.4 Å². The number of thiocarbonyl (C=S) groups is 2. The molecular weight excluding hydrogens is 535 g/mol. The van der Waals surface area contributed by atoms with Gasteiger partial charge in [0.05, 0.1) is 35.3 Å². The van der Waals surface area contributed by atoms with E-state index in [1.807, 2.05) is 15.8 Å². The van der Waals surface area contributed by atoms with Gasteiger partial charge in [0.25, 0.3) is 26.0 Å². The maximum absolute atomic E-state index is 13.6. The predicted molar refractivity (Wildman–Crippen MR) is 138 cm³/mol. The molecule has 0 saturated carbocycles. The summed E-state index contributed by atoms with van der Waals surface area (Å²) in [6.07, 6.45) is 8.10. The lowest BCUT2D eigenvalue weighted by molar-refractivity contribution is -0.114. The van der Waals surface area contributed by atoms with E-state index in [1.165, 1.54) is 55.5 Å². The Labute approximate surface area is 214 Å². The summed E-state index contributed by atoms with van der Waals surface area (Å²) >= 11 is 10.8. The highest BCUT2D eigenvalue weighted by Crippen LogP contribution is 2.30. The molecule has 0 aliphatic heterocycles. The van der Waals surface area contributed by atoms with Crippen molar-refractivity contribution in [3.63, 3.8) is 0 Å². The second-order valence-electron chi connectivity index (χ2n) is 7.14. The third-order valence-electron chi connectivity index (χ3n) is 4.86. The molecule has 0 fully saturated rings. The van der Waals surface area contributed by atoms with Crippen molar-refractivity contribution >= 4 is 65.8 Å². The topological polar surface area (TPSA) is 131 Å². The second-order valence-corrected chi connectivity index (χ2v) is 11.5. The minimum absolute atomic E-state index is 0.0390. The second kappa shape index (κ2) is 11.1. The number of amides is 1. The lowest BCUT2D eigenvalue weighted by atomic mass is 10.0. The number of nitrogens with one attached hydrogen (secondary N) is 2. The van der Waals surface area contributed by atoms with Crippen molar-refractivity contribution < 1.29 is 31.3 Å². The fourth-order valence-corrected chi connectivity index (χ4v) is 5.65. The van der Waals surface area contributed by atoms with Crippen molar-refractivity contribution in [1.29, 1.82) is 0 Å². The Morgan fingerprint density at radius 1 is 0.914 bits per heavy atom. The molecule has 1 aromatic carbocycles. The van der Waals surface area contributed by atoms with Crippen LogP contribution >= 0.6 is 24.4 Å². The van der Waals surface area contributed by atoms with Crippen LogP contribution in [0.3, 0.4) is 0 Å². The first-order valence-corrected chi connectivity index (χ1v) is 13.7. The number of carbonyl (C=O) groups is 1. The number of carbonyl (C=O) groups excluding carboxylic acids is 1. The molecule has 0 aromatic heterocycles. The maximum Gasteiger partial charge on any atom is 0.264 e. The highest BCUT2D eigenvalue weighted by Gasteiger charge is 2.31. The number of nitrogens with zero attached hydrogens (tertiary/aromatic N) is 1. The van der Waals surface area contributed by atoms with Gasteiger partial charge in [-0.05, 0) is 42.5 Å². The van der Waals surface area contributed by atoms with Crippen LogP contribution < -0.4 is 14.7 Å². The van der Waals surface area contributed by atoms with Crippen molar-refractivity contribution in [3.8, 4) is 0 Å². The number of benzene rings is 1. The molecule has 2 aliphatic carbocycles. The summed E-state index contributed by atoms with van der Waals surface area (Å²) in [7, 11) is -5.51. The zero-order chi connectivity index (χ0) is 25.8. The van der Waals surface area contributed by atoms with Crippen molar-refractivity contribution in [2.45, 2.75) is 17.7 Å². The molecule has 0 spiro atoms. The molecule has 0 bridgehead atoms. The number of rotatable bonds is 9. The summed E-state index contributed by atoms with van der Waals surface area (Å²) < 4.78 is 49.0. The van der Waals surface area contributed by atoms with Crippen LogP contribution in [0.2, 0.25) is 0 Å². The predicted octanol–water partition coefficient (Wildman–Crippen LogP) is 2.14. The van der Waals surface area contributed by atoms with Crippen molar-refractivity contribution in [3.05, 3.63) is 70.8 Å². The number of hydrogen-bond donors (Lipinski definition) is 2. The van der Waals surface area contributed by atoms with Crippen LogP contribution in [0, 0.1) is 0 Å². The minimum Gasteiger partial charge on any atom is -0.290 e. The fourth-order valence-electron chi connectivity index (χ4n) is 3.27. The van der Waals surface area contributed by atoms with Crippen LogP contribution in [-0.2, 0) is 34.5 Å². The summed E-state index contributed by atoms with van der Waals surface area (Å²) in [4.78, 5) is 28.3. The van der Waals surface area contributed by atoms with E-state index in [4.69, 9.17) is 24.4 Å². The van der Waals surface area contributed by atoms with Crippen LogP contribution in [0.4, 0.5) is 5.69 Å². The van der Waals surface area contributed by atoms with Crippen LogP contribution in [0.1, 0.15) is 12.8 Å². The van der Waals surface area contributed by atoms with Gasteiger partial charge in [0, 0.05) is 28.3 Å². The van der Waals surface area contributed by atoms with Gasteiger partial charge in [-0.25, -0.2) is 16.8 Å². The van der Waals surface area contributed by atoms with Gasteiger partial charge in [-0.1, -0.05) is 46.4 Å². The zero-order valence-electron chi connectivity index (χ0n) is 18.5. The Morgan fingerprint density at radius 3 is 2.11 bits per heavy atom. The number of hydrogen-bond acceptors (Lipinski definition) is 9. The first-order chi connectivity index (χ1) is 16.5. The molecule has 14 heteroatoms. The fraction of sp³-hybridized carbons (Fsp3) is 0.190. The van der Waals surface area contributed by atoms with Crippen LogP contribution in [0.25, 0.3) is 0 Å². The monoisotopic (exact) mass is 555 g/mol. The molecule has 1 aromatic rings. The zero-order valence-corrected chi connectivity index (χ0v) is 21.8. The SMILES string of the molecule is CONS(=O)(=O)C1=CC=C(N(C(=O)C2=CC=CCC2=S)c2ccc(S(=O)(=O)NOC)cc2)C(=S)C1.